The second-order valence-corrected chi connectivity index (χ2v) is 4.20. The summed E-state index contributed by atoms with van der Waals surface area (Å²) in [6, 6.07) is 0. The summed E-state index contributed by atoms with van der Waals surface area (Å²) in [5.74, 6) is 0. The zero-order valence-electron chi connectivity index (χ0n) is 6.50. The minimum Gasteiger partial charge on any atom is -0.390 e. The lowest BCUT2D eigenvalue weighted by atomic mass is 10.2. The van der Waals surface area contributed by atoms with Gasteiger partial charge in [0.15, 0.2) is 0 Å². The van der Waals surface area contributed by atoms with Crippen LogP contribution in [-0.2, 0) is 6.42 Å². The number of aliphatic hydroxyl groups is 1. The van der Waals surface area contributed by atoms with E-state index in [1.54, 1.807) is 11.3 Å². The van der Waals surface area contributed by atoms with E-state index < -0.39 is 0 Å². The van der Waals surface area contributed by atoms with Crippen LogP contribution >= 0.6 is 11.3 Å². The number of hydrogen-bond donors (Lipinski definition) is 1. The number of aromatic nitrogens is 1. The van der Waals surface area contributed by atoms with Crippen molar-refractivity contribution >= 4 is 11.3 Å². The highest BCUT2D eigenvalue weighted by molar-refractivity contribution is 7.09. The Morgan fingerprint density at radius 2 is 2.45 bits per heavy atom. The van der Waals surface area contributed by atoms with Gasteiger partial charge in [-0.05, 0) is 19.8 Å². The molecule has 1 fully saturated rings. The quantitative estimate of drug-likeness (QED) is 0.728. The first-order chi connectivity index (χ1) is 5.20. The Morgan fingerprint density at radius 3 is 2.91 bits per heavy atom. The van der Waals surface area contributed by atoms with Gasteiger partial charge in [0.05, 0.1) is 16.8 Å². The van der Waals surface area contributed by atoms with E-state index in [1.165, 1.54) is 4.88 Å². The lowest BCUT2D eigenvalue weighted by molar-refractivity contribution is 0.151. The highest BCUT2D eigenvalue weighted by atomic mass is 32.1. The predicted octanol–water partition coefficient (Wildman–Crippen LogP) is 1.52. The van der Waals surface area contributed by atoms with Crippen molar-refractivity contribution in [1.82, 2.24) is 4.98 Å². The van der Waals surface area contributed by atoms with Gasteiger partial charge in [-0.25, -0.2) is 4.98 Å². The lowest BCUT2D eigenvalue weighted by Gasteiger charge is -2.04. The molecule has 2 rings (SSSR count). The van der Waals surface area contributed by atoms with Gasteiger partial charge >= 0.3 is 0 Å². The number of nitrogens with zero attached hydrogens (tertiary/aromatic N) is 1. The maximum atomic E-state index is 9.60. The molecule has 1 aromatic heterocycles. The van der Waals surface area contributed by atoms with Crippen LogP contribution in [0.25, 0.3) is 0 Å². The van der Waals surface area contributed by atoms with Crippen molar-refractivity contribution in [2.75, 3.05) is 0 Å². The summed E-state index contributed by atoms with van der Waals surface area (Å²) < 4.78 is 0. The molecular formula is C8H11NOS. The molecule has 0 amide bonds. The lowest BCUT2D eigenvalue weighted by Crippen LogP contribution is -2.10. The Morgan fingerprint density at radius 1 is 1.73 bits per heavy atom. The van der Waals surface area contributed by atoms with Gasteiger partial charge in [0, 0.05) is 11.3 Å². The third-order valence-corrected chi connectivity index (χ3v) is 3.10. The van der Waals surface area contributed by atoms with E-state index in [0.29, 0.717) is 0 Å². The minimum atomic E-state index is -0.364. The van der Waals surface area contributed by atoms with Gasteiger partial charge < -0.3 is 5.11 Å². The summed E-state index contributed by atoms with van der Waals surface area (Å²) in [7, 11) is 0. The van der Waals surface area contributed by atoms with E-state index in [-0.39, 0.29) is 5.60 Å². The fraction of sp³-hybridized carbons (Fsp3) is 0.625. The van der Waals surface area contributed by atoms with Crippen LogP contribution in [0.3, 0.4) is 0 Å². The van der Waals surface area contributed by atoms with E-state index in [1.807, 2.05) is 12.4 Å². The second kappa shape index (κ2) is 2.29. The van der Waals surface area contributed by atoms with Gasteiger partial charge in [0.1, 0.15) is 0 Å². The van der Waals surface area contributed by atoms with E-state index in [2.05, 4.69) is 4.98 Å². The van der Waals surface area contributed by atoms with Gasteiger partial charge in [0.2, 0.25) is 0 Å². The largest absolute Gasteiger partial charge is 0.390 e. The van der Waals surface area contributed by atoms with Crippen LogP contribution in [0.1, 0.15) is 23.4 Å². The number of aryl methyl sites for hydroxylation is 1. The monoisotopic (exact) mass is 169 g/mol. The fourth-order valence-corrected chi connectivity index (χ4v) is 2.03. The molecule has 1 aromatic rings. The van der Waals surface area contributed by atoms with Gasteiger partial charge in [-0.15, -0.1) is 11.3 Å². The van der Waals surface area contributed by atoms with Crippen molar-refractivity contribution in [2.45, 2.75) is 31.8 Å². The average Bonchev–Trinajstić information content (AvgIpc) is 2.54. The van der Waals surface area contributed by atoms with Crippen molar-refractivity contribution in [2.24, 2.45) is 0 Å². The van der Waals surface area contributed by atoms with Crippen molar-refractivity contribution in [3.63, 3.8) is 0 Å². The molecule has 0 spiro atoms. The number of hydrogen-bond acceptors (Lipinski definition) is 3. The molecule has 1 aliphatic carbocycles. The first-order valence-corrected chi connectivity index (χ1v) is 4.69. The topological polar surface area (TPSA) is 33.1 Å². The third-order valence-electron chi connectivity index (χ3n) is 2.16. The first kappa shape index (κ1) is 7.25. The van der Waals surface area contributed by atoms with Crippen LogP contribution in [0.4, 0.5) is 0 Å². The maximum Gasteiger partial charge on any atom is 0.0797 e. The first-order valence-electron chi connectivity index (χ1n) is 3.81. The predicted molar refractivity (Wildman–Crippen MR) is 44.7 cm³/mol. The summed E-state index contributed by atoms with van der Waals surface area (Å²) in [5.41, 5.74) is 2.56. The molecule has 1 saturated carbocycles. The average molecular weight is 169 g/mol. The molecule has 2 nitrogen and oxygen atoms in total. The third kappa shape index (κ3) is 1.44. The van der Waals surface area contributed by atoms with Gasteiger partial charge in [-0.3, -0.25) is 0 Å². The fourth-order valence-electron chi connectivity index (χ4n) is 1.12. The Bertz CT molecular complexity index is 265. The summed E-state index contributed by atoms with van der Waals surface area (Å²) in [4.78, 5) is 5.38. The zero-order valence-corrected chi connectivity index (χ0v) is 7.32. The standard InChI is InChI=1S/C8H11NOS/c1-6-7(11-5-9-6)4-8(10)2-3-8/h5,10H,2-4H2,1H3. The molecule has 0 aliphatic heterocycles. The van der Waals surface area contributed by atoms with Crippen molar-refractivity contribution < 1.29 is 5.11 Å². The zero-order chi connectivity index (χ0) is 7.90. The Kier molecular flexibility index (Phi) is 1.51. The van der Waals surface area contributed by atoms with Crippen molar-refractivity contribution in [1.29, 1.82) is 0 Å². The van der Waals surface area contributed by atoms with Crippen molar-refractivity contribution in [3.8, 4) is 0 Å². The normalized spacial score (nSPS) is 20.2. The molecule has 0 unspecified atom stereocenters. The summed E-state index contributed by atoms with van der Waals surface area (Å²) in [6.45, 7) is 2.00. The van der Waals surface area contributed by atoms with Crippen molar-refractivity contribution in [3.05, 3.63) is 16.1 Å². The molecule has 11 heavy (non-hydrogen) atoms. The van der Waals surface area contributed by atoms with Crippen LogP contribution in [0.15, 0.2) is 5.51 Å². The van der Waals surface area contributed by atoms with E-state index in [9.17, 15) is 5.11 Å². The van der Waals surface area contributed by atoms with Crippen LogP contribution in [-0.4, -0.2) is 15.7 Å². The van der Waals surface area contributed by atoms with Crippen LogP contribution in [0, 0.1) is 6.92 Å². The Labute approximate surface area is 69.9 Å². The summed E-state index contributed by atoms with van der Waals surface area (Å²) in [6.07, 6.45) is 2.73. The van der Waals surface area contributed by atoms with E-state index >= 15 is 0 Å². The molecule has 0 aromatic carbocycles. The highest BCUT2D eigenvalue weighted by Gasteiger charge is 2.40. The summed E-state index contributed by atoms with van der Waals surface area (Å²) >= 11 is 1.65. The van der Waals surface area contributed by atoms with E-state index in [0.717, 1.165) is 25.0 Å². The molecule has 3 heteroatoms. The molecule has 60 valence electrons. The molecule has 1 aliphatic rings. The Hall–Kier alpha value is -0.410. The number of rotatable bonds is 2. The van der Waals surface area contributed by atoms with Gasteiger partial charge in [-0.2, -0.15) is 0 Å². The molecule has 1 N–H and O–H groups in total. The molecule has 0 saturated heterocycles. The maximum absolute atomic E-state index is 9.60. The van der Waals surface area contributed by atoms with Crippen LogP contribution in [0.2, 0.25) is 0 Å². The molecule has 0 atom stereocenters. The number of thiazole rings is 1. The smallest absolute Gasteiger partial charge is 0.0797 e. The molecule has 1 heterocycles. The minimum absolute atomic E-state index is 0.364. The highest BCUT2D eigenvalue weighted by Crippen LogP contribution is 2.39. The van der Waals surface area contributed by atoms with Gasteiger partial charge in [0.25, 0.3) is 0 Å². The molecule has 0 bridgehead atoms. The second-order valence-electron chi connectivity index (χ2n) is 3.26. The molecular weight excluding hydrogens is 158 g/mol. The van der Waals surface area contributed by atoms with Gasteiger partial charge in [-0.1, -0.05) is 0 Å². The van der Waals surface area contributed by atoms with Crippen LogP contribution < -0.4 is 0 Å². The van der Waals surface area contributed by atoms with E-state index in [4.69, 9.17) is 0 Å². The Balaban J connectivity index is 2.12. The van der Waals surface area contributed by atoms with Crippen LogP contribution in [0.5, 0.6) is 0 Å². The molecule has 0 radical (unpaired) electrons. The SMILES string of the molecule is Cc1ncsc1CC1(O)CC1. The summed E-state index contributed by atoms with van der Waals surface area (Å²) in [5, 5.41) is 9.60.